The Hall–Kier alpha value is -3.19. The summed E-state index contributed by atoms with van der Waals surface area (Å²) in [5.41, 5.74) is 3.76. The van der Waals surface area contributed by atoms with Gasteiger partial charge in [-0.15, -0.1) is 10.2 Å². The number of aromatic nitrogens is 3. The van der Waals surface area contributed by atoms with Crippen molar-refractivity contribution in [1.82, 2.24) is 14.8 Å². The number of nitrogens with zero attached hydrogens (tertiary/aromatic N) is 6. The van der Waals surface area contributed by atoms with Crippen LogP contribution in [0.4, 0.5) is 5.95 Å². The number of halogens is 1. The van der Waals surface area contributed by atoms with Crippen LogP contribution in [0.5, 0.6) is 0 Å². The lowest BCUT2D eigenvalue weighted by Crippen LogP contribution is -2.28. The number of rotatable bonds is 3. The van der Waals surface area contributed by atoms with Gasteiger partial charge in [0.15, 0.2) is 0 Å². The Kier molecular flexibility index (Phi) is 4.09. The second-order valence-electron chi connectivity index (χ2n) is 6.54. The fraction of sp³-hybridized carbons (Fsp3) is 0.200. The molecule has 2 aliphatic rings. The summed E-state index contributed by atoms with van der Waals surface area (Å²) in [5.74, 6) is 2.07. The van der Waals surface area contributed by atoms with E-state index in [0.717, 1.165) is 28.4 Å². The van der Waals surface area contributed by atoms with Crippen LogP contribution in [0.2, 0.25) is 5.02 Å². The standard InChI is InChI=1S/C20H17ClN6O/c1-13-23-24-20-26(12-18-22-10-11-28-18)25-19(14-6-8-15(21)9-7-14)16-4-2-3-5-17(16)27(13)20/h2-9H,10-12H2,1H3. The molecule has 0 N–H and O–H groups in total. The number of para-hydroxylation sites is 1. The summed E-state index contributed by atoms with van der Waals surface area (Å²) >= 11 is 6.10. The van der Waals surface area contributed by atoms with E-state index in [4.69, 9.17) is 21.4 Å². The largest absolute Gasteiger partial charge is 0.478 e. The minimum Gasteiger partial charge on any atom is -0.478 e. The highest BCUT2D eigenvalue weighted by Gasteiger charge is 2.27. The number of hydrogen-bond donors (Lipinski definition) is 0. The Labute approximate surface area is 166 Å². The van der Waals surface area contributed by atoms with E-state index in [1.54, 1.807) is 5.01 Å². The summed E-state index contributed by atoms with van der Waals surface area (Å²) in [6, 6.07) is 15.8. The van der Waals surface area contributed by atoms with Crippen molar-refractivity contribution >= 4 is 29.2 Å². The van der Waals surface area contributed by atoms with Gasteiger partial charge >= 0.3 is 0 Å². The number of hydrazone groups is 1. The highest BCUT2D eigenvalue weighted by Crippen LogP contribution is 2.29. The first-order valence-corrected chi connectivity index (χ1v) is 9.38. The zero-order valence-corrected chi connectivity index (χ0v) is 16.0. The number of ether oxygens (including phenoxy) is 1. The van der Waals surface area contributed by atoms with Gasteiger partial charge in [0.2, 0.25) is 5.90 Å². The third-order valence-corrected chi connectivity index (χ3v) is 4.96. The van der Waals surface area contributed by atoms with Gasteiger partial charge in [-0.2, -0.15) is 5.10 Å². The van der Waals surface area contributed by atoms with Crippen LogP contribution >= 0.6 is 11.6 Å². The van der Waals surface area contributed by atoms with Gasteiger partial charge in [0.1, 0.15) is 24.7 Å². The van der Waals surface area contributed by atoms with Crippen molar-refractivity contribution < 1.29 is 4.74 Å². The van der Waals surface area contributed by atoms with E-state index in [-0.39, 0.29) is 0 Å². The molecule has 0 spiro atoms. The first-order chi connectivity index (χ1) is 13.7. The Morgan fingerprint density at radius 3 is 2.68 bits per heavy atom. The fourth-order valence-electron chi connectivity index (χ4n) is 3.42. The van der Waals surface area contributed by atoms with Gasteiger partial charge in [-0.1, -0.05) is 41.9 Å². The van der Waals surface area contributed by atoms with Gasteiger partial charge in [-0.05, 0) is 25.1 Å². The van der Waals surface area contributed by atoms with E-state index >= 15 is 0 Å². The van der Waals surface area contributed by atoms with Gasteiger partial charge in [0.05, 0.1) is 12.2 Å². The van der Waals surface area contributed by atoms with Gasteiger partial charge in [-0.25, -0.2) is 5.01 Å². The molecule has 2 aromatic carbocycles. The van der Waals surface area contributed by atoms with Gasteiger partial charge < -0.3 is 4.74 Å². The molecular weight excluding hydrogens is 376 g/mol. The molecule has 0 unspecified atom stereocenters. The summed E-state index contributed by atoms with van der Waals surface area (Å²) < 4.78 is 7.63. The number of benzene rings is 2. The van der Waals surface area contributed by atoms with Crippen molar-refractivity contribution in [1.29, 1.82) is 0 Å². The Balaban J connectivity index is 1.72. The fourth-order valence-corrected chi connectivity index (χ4v) is 3.54. The molecular formula is C20H17ClN6O. The van der Waals surface area contributed by atoms with Crippen LogP contribution in [0.15, 0.2) is 58.6 Å². The first kappa shape index (κ1) is 16.9. The minimum absolute atomic E-state index is 0.392. The topological polar surface area (TPSA) is 67.9 Å². The van der Waals surface area contributed by atoms with Crippen LogP contribution in [0, 0.1) is 6.92 Å². The molecule has 0 fully saturated rings. The van der Waals surface area contributed by atoms with Crippen molar-refractivity contribution in [2.75, 3.05) is 24.7 Å². The number of hydrogen-bond acceptors (Lipinski definition) is 6. The molecule has 3 heterocycles. The molecule has 1 aromatic heterocycles. The number of anilines is 1. The van der Waals surface area contributed by atoms with E-state index in [1.807, 2.05) is 54.0 Å². The molecule has 0 bridgehead atoms. The van der Waals surface area contributed by atoms with Crippen molar-refractivity contribution in [3.63, 3.8) is 0 Å². The van der Waals surface area contributed by atoms with Gasteiger partial charge in [-0.3, -0.25) is 9.56 Å². The second-order valence-corrected chi connectivity index (χ2v) is 6.97. The van der Waals surface area contributed by atoms with E-state index in [2.05, 4.69) is 21.3 Å². The predicted molar refractivity (Wildman–Crippen MR) is 109 cm³/mol. The normalized spacial score (nSPS) is 15.3. The maximum absolute atomic E-state index is 6.10. The molecule has 7 nitrogen and oxygen atoms in total. The van der Waals surface area contributed by atoms with E-state index < -0.39 is 0 Å². The average molecular weight is 393 g/mol. The molecule has 0 aliphatic carbocycles. The molecule has 0 saturated heterocycles. The highest BCUT2D eigenvalue weighted by molar-refractivity contribution is 6.30. The molecule has 0 saturated carbocycles. The quantitative estimate of drug-likeness (QED) is 0.686. The van der Waals surface area contributed by atoms with Crippen molar-refractivity contribution in [2.24, 2.45) is 10.1 Å². The van der Waals surface area contributed by atoms with Crippen molar-refractivity contribution in [3.05, 3.63) is 70.5 Å². The third-order valence-electron chi connectivity index (χ3n) is 4.71. The Morgan fingerprint density at radius 1 is 1.07 bits per heavy atom. The SMILES string of the molecule is Cc1nnc2n1-c1ccccc1C(c1ccc(Cl)cc1)=NN2CC1=NCCO1. The highest BCUT2D eigenvalue weighted by atomic mass is 35.5. The molecule has 0 atom stereocenters. The van der Waals surface area contributed by atoms with Gasteiger partial charge in [0, 0.05) is 16.1 Å². The zero-order chi connectivity index (χ0) is 19.1. The minimum atomic E-state index is 0.392. The number of aryl methyl sites for hydroxylation is 1. The summed E-state index contributed by atoms with van der Waals surface area (Å²) in [4.78, 5) is 4.41. The average Bonchev–Trinajstić information content (AvgIpc) is 3.32. The first-order valence-electron chi connectivity index (χ1n) is 9.01. The number of fused-ring (bicyclic) bond motifs is 3. The second kappa shape index (κ2) is 6.76. The van der Waals surface area contributed by atoms with Crippen LogP contribution in [0.1, 0.15) is 17.0 Å². The van der Waals surface area contributed by atoms with Crippen molar-refractivity contribution in [2.45, 2.75) is 6.92 Å². The lowest BCUT2D eigenvalue weighted by atomic mass is 10.0. The molecule has 28 heavy (non-hydrogen) atoms. The van der Waals surface area contributed by atoms with Crippen LogP contribution in [0.3, 0.4) is 0 Å². The molecule has 3 aromatic rings. The molecule has 2 aliphatic heterocycles. The van der Waals surface area contributed by atoms with Crippen LogP contribution < -0.4 is 5.01 Å². The van der Waals surface area contributed by atoms with E-state index in [9.17, 15) is 0 Å². The van der Waals surface area contributed by atoms with E-state index in [1.165, 1.54) is 0 Å². The molecule has 0 radical (unpaired) electrons. The third kappa shape index (κ3) is 2.84. The Bertz CT molecular complexity index is 1100. The van der Waals surface area contributed by atoms with Crippen molar-refractivity contribution in [3.8, 4) is 5.69 Å². The molecule has 8 heteroatoms. The summed E-state index contributed by atoms with van der Waals surface area (Å²) in [6.45, 7) is 3.59. The maximum atomic E-state index is 6.10. The number of aliphatic imine (C=N–C) groups is 1. The van der Waals surface area contributed by atoms with E-state index in [0.29, 0.717) is 36.6 Å². The van der Waals surface area contributed by atoms with Crippen LogP contribution in [-0.2, 0) is 4.74 Å². The molecule has 0 amide bonds. The lowest BCUT2D eigenvalue weighted by Gasteiger charge is -2.17. The summed E-state index contributed by atoms with van der Waals surface area (Å²) in [7, 11) is 0. The Morgan fingerprint density at radius 2 is 1.89 bits per heavy atom. The lowest BCUT2D eigenvalue weighted by molar-refractivity contribution is 0.341. The maximum Gasteiger partial charge on any atom is 0.252 e. The predicted octanol–water partition coefficient (Wildman–Crippen LogP) is 3.23. The smallest absolute Gasteiger partial charge is 0.252 e. The van der Waals surface area contributed by atoms with Gasteiger partial charge in [0.25, 0.3) is 5.95 Å². The summed E-state index contributed by atoms with van der Waals surface area (Å²) in [5, 5.41) is 16.1. The monoisotopic (exact) mass is 392 g/mol. The summed E-state index contributed by atoms with van der Waals surface area (Å²) in [6.07, 6.45) is 0. The molecule has 5 rings (SSSR count). The zero-order valence-electron chi connectivity index (χ0n) is 15.2. The van der Waals surface area contributed by atoms with Crippen LogP contribution in [-0.4, -0.2) is 46.1 Å². The van der Waals surface area contributed by atoms with Crippen LogP contribution in [0.25, 0.3) is 5.69 Å². The molecule has 140 valence electrons.